The average Bonchev–Trinajstić information content (AvgIpc) is 2.24. The van der Waals surface area contributed by atoms with Crippen molar-refractivity contribution in [2.24, 2.45) is 0 Å². The monoisotopic (exact) mass is 332 g/mol. The minimum Gasteiger partial charge on any atom is -0.478 e. The molecule has 0 aliphatic carbocycles. The van der Waals surface area contributed by atoms with E-state index in [-0.39, 0.29) is 5.02 Å². The predicted octanol–water partition coefficient (Wildman–Crippen LogP) is 1.85. The standard InChI is InChI=1S/C9H8ClF3N2O4S/c10-5-1-2-6(8(16)17)7(3-5)15-20(18,19)14-4-9(11,12)13/h1-3,14-15H,4H2,(H,16,17). The molecule has 0 fully saturated rings. The summed E-state index contributed by atoms with van der Waals surface area (Å²) in [5, 5.41) is 8.85. The molecule has 20 heavy (non-hydrogen) atoms. The van der Waals surface area contributed by atoms with Gasteiger partial charge < -0.3 is 5.11 Å². The number of aromatic carboxylic acids is 1. The number of hydrogen-bond donors (Lipinski definition) is 3. The van der Waals surface area contributed by atoms with Crippen LogP contribution in [0.15, 0.2) is 18.2 Å². The lowest BCUT2D eigenvalue weighted by molar-refractivity contribution is -0.121. The van der Waals surface area contributed by atoms with E-state index in [0.29, 0.717) is 0 Å². The third-order valence-electron chi connectivity index (χ3n) is 1.92. The summed E-state index contributed by atoms with van der Waals surface area (Å²) >= 11 is 5.57. The van der Waals surface area contributed by atoms with Crippen molar-refractivity contribution >= 4 is 33.5 Å². The van der Waals surface area contributed by atoms with Gasteiger partial charge in [-0.05, 0) is 18.2 Å². The van der Waals surface area contributed by atoms with Gasteiger partial charge in [0.2, 0.25) is 0 Å². The molecule has 3 N–H and O–H groups in total. The molecule has 0 radical (unpaired) electrons. The minimum absolute atomic E-state index is 0.0171. The lowest BCUT2D eigenvalue weighted by atomic mass is 10.2. The number of hydrogen-bond acceptors (Lipinski definition) is 3. The van der Waals surface area contributed by atoms with E-state index in [9.17, 15) is 26.4 Å². The highest BCUT2D eigenvalue weighted by Gasteiger charge is 2.29. The Morgan fingerprint density at radius 1 is 1.35 bits per heavy atom. The van der Waals surface area contributed by atoms with E-state index in [1.54, 1.807) is 4.72 Å². The summed E-state index contributed by atoms with van der Waals surface area (Å²) in [6.45, 7) is -1.79. The zero-order chi connectivity index (χ0) is 15.6. The molecule has 11 heteroatoms. The van der Waals surface area contributed by atoms with Gasteiger partial charge in [-0.25, -0.2) is 4.79 Å². The van der Waals surface area contributed by atoms with Crippen LogP contribution in [-0.2, 0) is 10.2 Å². The lowest BCUT2D eigenvalue weighted by Gasteiger charge is -2.13. The summed E-state index contributed by atoms with van der Waals surface area (Å²) in [4.78, 5) is 10.9. The van der Waals surface area contributed by atoms with Crippen molar-refractivity contribution in [2.75, 3.05) is 11.3 Å². The third-order valence-corrected chi connectivity index (χ3v) is 3.17. The first kappa shape index (κ1) is 16.5. The molecule has 1 aromatic rings. The summed E-state index contributed by atoms with van der Waals surface area (Å²) in [7, 11) is -4.58. The lowest BCUT2D eigenvalue weighted by Crippen LogP contribution is -2.37. The van der Waals surface area contributed by atoms with Crippen molar-refractivity contribution in [3.8, 4) is 0 Å². The van der Waals surface area contributed by atoms with Gasteiger partial charge >= 0.3 is 12.1 Å². The summed E-state index contributed by atoms with van der Waals surface area (Å²) < 4.78 is 61.4. The van der Waals surface area contributed by atoms with Gasteiger partial charge in [0.05, 0.1) is 11.3 Å². The molecule has 1 aromatic carbocycles. The minimum atomic E-state index is -4.74. The number of anilines is 1. The van der Waals surface area contributed by atoms with Crippen molar-refractivity contribution in [1.29, 1.82) is 0 Å². The van der Waals surface area contributed by atoms with Crippen molar-refractivity contribution in [2.45, 2.75) is 6.18 Å². The molecule has 0 aliphatic rings. The highest BCUT2D eigenvalue weighted by Crippen LogP contribution is 2.22. The van der Waals surface area contributed by atoms with Crippen molar-refractivity contribution < 1.29 is 31.5 Å². The number of alkyl halides is 3. The highest BCUT2D eigenvalue weighted by atomic mass is 35.5. The topological polar surface area (TPSA) is 95.5 Å². The Labute approximate surface area is 116 Å². The Bertz CT molecular complexity index is 618. The van der Waals surface area contributed by atoms with Crippen LogP contribution in [0.1, 0.15) is 10.4 Å². The fraction of sp³-hybridized carbons (Fsp3) is 0.222. The van der Waals surface area contributed by atoms with Gasteiger partial charge in [0, 0.05) is 5.02 Å². The Hall–Kier alpha value is -1.52. The average molecular weight is 333 g/mol. The largest absolute Gasteiger partial charge is 0.478 e. The second kappa shape index (κ2) is 5.85. The normalized spacial score (nSPS) is 12.2. The number of nitrogens with one attached hydrogen (secondary N) is 2. The molecule has 0 atom stereocenters. The Kier molecular flexibility index (Phi) is 4.84. The SMILES string of the molecule is O=C(O)c1ccc(Cl)cc1NS(=O)(=O)NCC(F)(F)F. The predicted molar refractivity (Wildman–Crippen MR) is 65.0 cm³/mol. The van der Waals surface area contributed by atoms with E-state index in [2.05, 4.69) is 0 Å². The van der Waals surface area contributed by atoms with Crippen LogP contribution in [-0.4, -0.2) is 32.2 Å². The molecule has 0 heterocycles. The maximum absolute atomic E-state index is 11.9. The molecular formula is C9H8ClF3N2O4S. The molecular weight excluding hydrogens is 325 g/mol. The zero-order valence-electron chi connectivity index (χ0n) is 9.53. The van der Waals surface area contributed by atoms with Crippen LogP contribution in [0.4, 0.5) is 18.9 Å². The zero-order valence-corrected chi connectivity index (χ0v) is 11.1. The van der Waals surface area contributed by atoms with Crippen LogP contribution >= 0.6 is 11.6 Å². The van der Waals surface area contributed by atoms with E-state index in [4.69, 9.17) is 16.7 Å². The third kappa shape index (κ3) is 5.23. The molecule has 0 unspecified atom stereocenters. The molecule has 6 nitrogen and oxygen atoms in total. The van der Waals surface area contributed by atoms with Crippen LogP contribution in [0.3, 0.4) is 0 Å². The van der Waals surface area contributed by atoms with E-state index < -0.39 is 40.2 Å². The molecule has 0 aromatic heterocycles. The van der Waals surface area contributed by atoms with Gasteiger partial charge in [-0.3, -0.25) is 4.72 Å². The molecule has 0 saturated carbocycles. The van der Waals surface area contributed by atoms with Gasteiger partial charge in [-0.1, -0.05) is 11.6 Å². The van der Waals surface area contributed by atoms with Crippen LogP contribution < -0.4 is 9.44 Å². The van der Waals surface area contributed by atoms with Crippen LogP contribution in [0, 0.1) is 0 Å². The molecule has 0 bridgehead atoms. The Balaban J connectivity index is 2.97. The van der Waals surface area contributed by atoms with E-state index in [1.807, 2.05) is 0 Å². The Morgan fingerprint density at radius 3 is 2.45 bits per heavy atom. The highest BCUT2D eigenvalue weighted by molar-refractivity contribution is 7.90. The van der Waals surface area contributed by atoms with Crippen LogP contribution in [0.5, 0.6) is 0 Å². The number of benzene rings is 1. The van der Waals surface area contributed by atoms with Crippen molar-refractivity contribution in [1.82, 2.24) is 4.72 Å². The van der Waals surface area contributed by atoms with Gasteiger partial charge in [-0.2, -0.15) is 26.3 Å². The van der Waals surface area contributed by atoms with E-state index >= 15 is 0 Å². The number of halogens is 4. The van der Waals surface area contributed by atoms with Crippen molar-refractivity contribution in [3.63, 3.8) is 0 Å². The van der Waals surface area contributed by atoms with Crippen molar-refractivity contribution in [3.05, 3.63) is 28.8 Å². The van der Waals surface area contributed by atoms with Crippen LogP contribution in [0.25, 0.3) is 0 Å². The molecule has 0 saturated heterocycles. The molecule has 1 rings (SSSR count). The van der Waals surface area contributed by atoms with E-state index in [0.717, 1.165) is 12.1 Å². The fourth-order valence-corrected chi connectivity index (χ4v) is 2.20. The maximum atomic E-state index is 11.9. The maximum Gasteiger partial charge on any atom is 0.402 e. The second-order valence-electron chi connectivity index (χ2n) is 3.54. The van der Waals surface area contributed by atoms with Gasteiger partial charge in [-0.15, -0.1) is 0 Å². The number of carboxylic acid groups (broad SMARTS) is 1. The Morgan fingerprint density at radius 2 is 1.95 bits per heavy atom. The first-order valence-corrected chi connectivity index (χ1v) is 6.73. The molecule has 112 valence electrons. The van der Waals surface area contributed by atoms with Crippen LogP contribution in [0.2, 0.25) is 5.02 Å². The summed E-state index contributed by atoms with van der Waals surface area (Å²) in [6, 6.07) is 3.19. The summed E-state index contributed by atoms with van der Waals surface area (Å²) in [5.74, 6) is -1.46. The number of carboxylic acids is 1. The summed E-state index contributed by atoms with van der Waals surface area (Å²) in [6.07, 6.45) is -4.74. The quantitative estimate of drug-likeness (QED) is 0.766. The first-order chi connectivity index (χ1) is 9.00. The fourth-order valence-electron chi connectivity index (χ4n) is 1.15. The second-order valence-corrected chi connectivity index (χ2v) is 5.47. The first-order valence-electron chi connectivity index (χ1n) is 4.87. The molecule has 0 amide bonds. The van der Waals surface area contributed by atoms with Gasteiger partial charge in [0.25, 0.3) is 10.2 Å². The van der Waals surface area contributed by atoms with E-state index in [1.165, 1.54) is 10.8 Å². The summed E-state index contributed by atoms with van der Waals surface area (Å²) in [5.41, 5.74) is -0.897. The van der Waals surface area contributed by atoms with Gasteiger partial charge in [0.1, 0.15) is 6.54 Å². The number of carbonyl (C=O) groups is 1. The number of rotatable bonds is 5. The molecule has 0 spiro atoms. The smallest absolute Gasteiger partial charge is 0.402 e. The van der Waals surface area contributed by atoms with Gasteiger partial charge in [0.15, 0.2) is 0 Å². The molecule has 0 aliphatic heterocycles.